The zero-order chi connectivity index (χ0) is 48.1. The van der Waals surface area contributed by atoms with E-state index in [2.05, 4.69) is 106 Å². The first-order chi connectivity index (χ1) is 32.5. The minimum atomic E-state index is -0.454. The zero-order valence-electron chi connectivity index (χ0n) is 42.2. The Balaban J connectivity index is 4.47. The number of aliphatic hydroxyl groups is 1. The number of hydrogen-bond acceptors (Lipinski definition) is 10. The molecule has 0 amide bonds. The number of unbranched alkanes of at least 4 members (excludes halogenated alkanes) is 8. The van der Waals surface area contributed by atoms with Crippen LogP contribution in [-0.4, -0.2) is 100 Å². The van der Waals surface area contributed by atoms with Gasteiger partial charge in [0.05, 0.1) is 46.2 Å². The molecule has 0 atom stereocenters. The Morgan fingerprint density at radius 2 is 0.712 bits per heavy atom. The molecule has 0 aromatic heterocycles. The number of allylic oxidation sites excluding steroid dienone is 12. The molecule has 0 spiro atoms. The fourth-order valence-electron chi connectivity index (χ4n) is 6.45. The quantitative estimate of drug-likeness (QED) is 0.0274. The highest BCUT2D eigenvalue weighted by Crippen LogP contribution is 2.10. The van der Waals surface area contributed by atoms with E-state index in [9.17, 15) is 14.7 Å². The fraction of sp³-hybridized carbons (Fsp3) is 0.679. The number of carbonyl (C=O) groups excluding carboxylic acids is 2. The number of rotatable bonds is 48. The van der Waals surface area contributed by atoms with Crippen LogP contribution in [0.15, 0.2) is 97.2 Å². The summed E-state index contributed by atoms with van der Waals surface area (Å²) >= 11 is 0. The number of ether oxygens (including phenoxy) is 6. The molecule has 0 saturated heterocycles. The molecule has 378 valence electrons. The predicted octanol–water partition coefficient (Wildman–Crippen LogP) is 13.2. The monoisotopic (exact) mass is 926 g/mol. The molecule has 0 bridgehead atoms. The molecule has 0 aromatic carbocycles. The van der Waals surface area contributed by atoms with Crippen LogP contribution in [0.3, 0.4) is 0 Å². The highest BCUT2D eigenvalue weighted by molar-refractivity contribution is 5.69. The van der Waals surface area contributed by atoms with E-state index in [-0.39, 0.29) is 31.8 Å². The van der Waals surface area contributed by atoms with E-state index in [1.807, 2.05) is 24.3 Å². The zero-order valence-corrected chi connectivity index (χ0v) is 42.2. The average molecular weight is 926 g/mol. The molecule has 10 nitrogen and oxygen atoms in total. The summed E-state index contributed by atoms with van der Waals surface area (Å²) in [5, 5.41) is 9.64. The maximum atomic E-state index is 12.5. The van der Waals surface area contributed by atoms with Crippen molar-refractivity contribution in [1.29, 1.82) is 0 Å². The number of hydrogen-bond donors (Lipinski definition) is 1. The van der Waals surface area contributed by atoms with Crippen molar-refractivity contribution >= 4 is 11.9 Å². The van der Waals surface area contributed by atoms with Gasteiger partial charge < -0.3 is 38.4 Å². The maximum absolute atomic E-state index is 12.5. The summed E-state index contributed by atoms with van der Waals surface area (Å²) in [5.74, 6) is -0.408. The van der Waals surface area contributed by atoms with E-state index in [0.717, 1.165) is 129 Å². The van der Waals surface area contributed by atoms with Gasteiger partial charge in [-0.25, -0.2) is 0 Å². The highest BCUT2D eigenvalue weighted by Gasteiger charge is 2.13. The number of nitrogens with zero attached hydrogens (tertiary/aromatic N) is 1. The SMILES string of the molecule is CC/C=C\CC/C=C/COC(CCOC(=O)CCCCCN(CCO)CCCCCC(=O)OCCC(OC/C=C/CC/C=C\CC)OC/C=C/CC/C=C\CC)OC/C=C/CC/C=C\CC. The smallest absolute Gasteiger partial charge is 0.305 e. The van der Waals surface area contributed by atoms with Crippen molar-refractivity contribution in [2.75, 3.05) is 65.9 Å². The van der Waals surface area contributed by atoms with Crippen LogP contribution in [0.25, 0.3) is 0 Å². The van der Waals surface area contributed by atoms with Gasteiger partial charge in [-0.15, -0.1) is 0 Å². The molecule has 0 aliphatic heterocycles. The number of esters is 2. The lowest BCUT2D eigenvalue weighted by atomic mass is 10.1. The molecule has 0 aliphatic rings. The first-order valence-corrected chi connectivity index (χ1v) is 25.8. The number of carbonyl (C=O) groups is 2. The van der Waals surface area contributed by atoms with Crippen LogP contribution in [0.2, 0.25) is 0 Å². The first-order valence-electron chi connectivity index (χ1n) is 25.8. The van der Waals surface area contributed by atoms with Gasteiger partial charge in [0.25, 0.3) is 0 Å². The molecule has 0 saturated carbocycles. The minimum absolute atomic E-state index is 0.0984. The lowest BCUT2D eigenvalue weighted by Crippen LogP contribution is -2.29. The van der Waals surface area contributed by atoms with Crippen molar-refractivity contribution in [2.24, 2.45) is 0 Å². The second-order valence-electron chi connectivity index (χ2n) is 16.1. The fourth-order valence-corrected chi connectivity index (χ4v) is 6.45. The van der Waals surface area contributed by atoms with Crippen molar-refractivity contribution in [3.63, 3.8) is 0 Å². The number of aliphatic hydroxyl groups excluding tert-OH is 1. The molecule has 10 heteroatoms. The molecular formula is C56H95NO9. The summed E-state index contributed by atoms with van der Waals surface area (Å²) in [6.45, 7) is 13.2. The van der Waals surface area contributed by atoms with Crippen LogP contribution in [-0.2, 0) is 38.0 Å². The Morgan fingerprint density at radius 1 is 0.409 bits per heavy atom. The Morgan fingerprint density at radius 3 is 1.00 bits per heavy atom. The van der Waals surface area contributed by atoms with Crippen molar-refractivity contribution < 1.29 is 43.1 Å². The van der Waals surface area contributed by atoms with Crippen LogP contribution in [0.5, 0.6) is 0 Å². The predicted molar refractivity (Wildman–Crippen MR) is 274 cm³/mol. The minimum Gasteiger partial charge on any atom is -0.465 e. The lowest BCUT2D eigenvalue weighted by Gasteiger charge is -2.21. The Hall–Kier alpha value is -3.38. The third kappa shape index (κ3) is 47.1. The second kappa shape index (κ2) is 52.6. The summed E-state index contributed by atoms with van der Waals surface area (Å²) in [5.41, 5.74) is 0. The summed E-state index contributed by atoms with van der Waals surface area (Å²) in [4.78, 5) is 27.3. The van der Waals surface area contributed by atoms with Gasteiger partial charge in [0.2, 0.25) is 0 Å². The van der Waals surface area contributed by atoms with Gasteiger partial charge in [0, 0.05) is 32.2 Å². The maximum Gasteiger partial charge on any atom is 0.305 e. The van der Waals surface area contributed by atoms with Crippen molar-refractivity contribution in [3.05, 3.63) is 97.2 Å². The molecule has 0 heterocycles. The van der Waals surface area contributed by atoms with Gasteiger partial charge in [-0.2, -0.15) is 0 Å². The van der Waals surface area contributed by atoms with E-state index in [4.69, 9.17) is 28.4 Å². The molecular weight excluding hydrogens is 831 g/mol. The van der Waals surface area contributed by atoms with Gasteiger partial charge in [-0.05, 0) is 116 Å². The van der Waals surface area contributed by atoms with Crippen molar-refractivity contribution in [2.45, 2.75) is 182 Å². The normalized spacial score (nSPS) is 12.7. The summed E-state index contributed by atoms with van der Waals surface area (Å²) in [6.07, 6.45) is 52.2. The molecule has 0 aromatic rings. The van der Waals surface area contributed by atoms with E-state index in [0.29, 0.717) is 58.7 Å². The Bertz CT molecular complexity index is 1160. The van der Waals surface area contributed by atoms with Crippen LogP contribution in [0.4, 0.5) is 0 Å². The standard InChI is InChI=1S/C56H95NO9/c1-5-9-13-17-21-25-35-47-63-55(64-48-36-26-22-18-14-10-6-2)41-51-61-53(59)39-31-29-33-43-57(45-46-58)44-34-30-32-40-54(60)62-52-42-56(65-49-37-27-23-19-15-11-7-3)66-50-38-28-24-20-16-12-8-4/h9-16,25-28,35-38,55-56,58H,5-8,17-24,29-34,39-52H2,1-4H3/b13-9-,14-10-,15-11-,16-12-,35-25+,36-26+,37-27+,38-28+. The molecule has 66 heavy (non-hydrogen) atoms. The Kier molecular flexibility index (Phi) is 49.9. The van der Waals surface area contributed by atoms with Crippen LogP contribution < -0.4 is 0 Å². The third-order valence-electron chi connectivity index (χ3n) is 10.1. The van der Waals surface area contributed by atoms with E-state index in [1.165, 1.54) is 0 Å². The van der Waals surface area contributed by atoms with E-state index < -0.39 is 12.6 Å². The average Bonchev–Trinajstić information content (AvgIpc) is 3.31. The van der Waals surface area contributed by atoms with E-state index >= 15 is 0 Å². The lowest BCUT2D eigenvalue weighted by molar-refractivity contribution is -0.155. The van der Waals surface area contributed by atoms with Crippen LogP contribution >= 0.6 is 0 Å². The van der Waals surface area contributed by atoms with Crippen molar-refractivity contribution in [1.82, 2.24) is 4.90 Å². The van der Waals surface area contributed by atoms with Crippen LogP contribution in [0, 0.1) is 0 Å². The molecule has 0 aliphatic carbocycles. The molecule has 0 fully saturated rings. The summed E-state index contributed by atoms with van der Waals surface area (Å²) in [6, 6.07) is 0. The summed E-state index contributed by atoms with van der Waals surface area (Å²) < 4.78 is 35.0. The van der Waals surface area contributed by atoms with E-state index in [1.54, 1.807) is 0 Å². The third-order valence-corrected chi connectivity index (χ3v) is 10.1. The molecule has 0 radical (unpaired) electrons. The van der Waals surface area contributed by atoms with Gasteiger partial charge in [-0.3, -0.25) is 9.59 Å². The van der Waals surface area contributed by atoms with Gasteiger partial charge in [-0.1, -0.05) is 138 Å². The largest absolute Gasteiger partial charge is 0.465 e. The van der Waals surface area contributed by atoms with Crippen LogP contribution in [0.1, 0.15) is 169 Å². The topological polar surface area (TPSA) is 113 Å². The first kappa shape index (κ1) is 62.6. The Labute approximate surface area is 403 Å². The molecule has 1 N–H and O–H groups in total. The molecule has 0 unspecified atom stereocenters. The highest BCUT2D eigenvalue weighted by atomic mass is 16.7. The summed E-state index contributed by atoms with van der Waals surface area (Å²) in [7, 11) is 0. The van der Waals surface area contributed by atoms with Gasteiger partial charge >= 0.3 is 11.9 Å². The second-order valence-corrected chi connectivity index (χ2v) is 16.1. The molecule has 0 rings (SSSR count). The van der Waals surface area contributed by atoms with Gasteiger partial charge in [0.1, 0.15) is 0 Å². The van der Waals surface area contributed by atoms with Gasteiger partial charge in [0.15, 0.2) is 12.6 Å². The van der Waals surface area contributed by atoms with Crippen molar-refractivity contribution in [3.8, 4) is 0 Å².